The number of hydrogen-bond donors (Lipinski definition) is 0. The lowest BCUT2D eigenvalue weighted by Crippen LogP contribution is -2.52. The van der Waals surface area contributed by atoms with Crippen molar-refractivity contribution < 1.29 is 4.79 Å². The smallest absolute Gasteiger partial charge is 0.227 e. The number of piperidine rings is 1. The molecule has 35 heavy (non-hydrogen) atoms. The van der Waals surface area contributed by atoms with Gasteiger partial charge in [-0.2, -0.15) is 0 Å². The molecule has 1 atom stereocenters. The maximum atomic E-state index is 13.4. The normalized spacial score (nSPS) is 19.6. The Hall–Kier alpha value is -2.86. The topological polar surface area (TPSA) is 44.6 Å². The van der Waals surface area contributed by atoms with E-state index in [1.807, 2.05) is 0 Å². The van der Waals surface area contributed by atoms with Gasteiger partial charge in [-0.1, -0.05) is 38.1 Å². The SMILES string of the molecule is CCn1c(CN2CCC[C@@H](C(=O)N3CCN(c4ccc(C(C)C)cc4)CC3)C2)nc2ccccc21. The molecule has 0 radical (unpaired) electrons. The highest BCUT2D eigenvalue weighted by molar-refractivity contribution is 5.79. The molecular weight excluding hydrogens is 434 g/mol. The van der Waals surface area contributed by atoms with E-state index in [0.717, 1.165) is 76.5 Å². The Morgan fingerprint density at radius 1 is 1.00 bits per heavy atom. The molecule has 0 bridgehead atoms. The Morgan fingerprint density at radius 2 is 1.74 bits per heavy atom. The number of anilines is 1. The fraction of sp³-hybridized carbons (Fsp3) is 0.517. The number of hydrogen-bond acceptors (Lipinski definition) is 4. The van der Waals surface area contributed by atoms with E-state index in [2.05, 4.69) is 88.6 Å². The van der Waals surface area contributed by atoms with Crippen molar-refractivity contribution in [3.63, 3.8) is 0 Å². The van der Waals surface area contributed by atoms with Crippen molar-refractivity contribution in [2.75, 3.05) is 44.2 Å². The molecule has 0 unspecified atom stereocenters. The van der Waals surface area contributed by atoms with E-state index < -0.39 is 0 Å². The second-order valence-corrected chi connectivity index (χ2v) is 10.4. The van der Waals surface area contributed by atoms with Crippen molar-refractivity contribution >= 4 is 22.6 Å². The first-order valence-electron chi connectivity index (χ1n) is 13.3. The number of likely N-dealkylation sites (tertiary alicyclic amines) is 1. The molecule has 3 heterocycles. The van der Waals surface area contributed by atoms with Crippen LogP contribution in [-0.4, -0.2) is 64.5 Å². The molecular formula is C29H39N5O. The zero-order valence-electron chi connectivity index (χ0n) is 21.5. The molecule has 186 valence electrons. The Labute approximate surface area is 209 Å². The van der Waals surface area contributed by atoms with Crippen LogP contribution in [0.3, 0.4) is 0 Å². The van der Waals surface area contributed by atoms with Crippen molar-refractivity contribution in [1.82, 2.24) is 19.4 Å². The highest BCUT2D eigenvalue weighted by Crippen LogP contribution is 2.25. The van der Waals surface area contributed by atoms with E-state index >= 15 is 0 Å². The molecule has 0 N–H and O–H groups in total. The van der Waals surface area contributed by atoms with Crippen LogP contribution in [0.1, 0.15) is 50.9 Å². The van der Waals surface area contributed by atoms with E-state index in [1.165, 1.54) is 16.8 Å². The van der Waals surface area contributed by atoms with Crippen LogP contribution in [0.25, 0.3) is 11.0 Å². The Bertz CT molecular complexity index is 1140. The summed E-state index contributed by atoms with van der Waals surface area (Å²) in [6.07, 6.45) is 2.07. The zero-order valence-corrected chi connectivity index (χ0v) is 21.5. The minimum absolute atomic E-state index is 0.0973. The lowest BCUT2D eigenvalue weighted by Gasteiger charge is -2.39. The van der Waals surface area contributed by atoms with Gasteiger partial charge in [0.15, 0.2) is 0 Å². The third kappa shape index (κ3) is 5.08. The van der Waals surface area contributed by atoms with Gasteiger partial charge in [0, 0.05) is 45.0 Å². The highest BCUT2D eigenvalue weighted by atomic mass is 16.2. The lowest BCUT2D eigenvalue weighted by atomic mass is 9.96. The van der Waals surface area contributed by atoms with Crippen molar-refractivity contribution in [3.05, 3.63) is 59.9 Å². The van der Waals surface area contributed by atoms with E-state index in [9.17, 15) is 4.79 Å². The van der Waals surface area contributed by atoms with E-state index in [-0.39, 0.29) is 5.92 Å². The fourth-order valence-electron chi connectivity index (χ4n) is 5.71. The van der Waals surface area contributed by atoms with Crippen LogP contribution >= 0.6 is 0 Å². The number of imidazole rings is 1. The summed E-state index contributed by atoms with van der Waals surface area (Å²) in [5.74, 6) is 2.10. The minimum atomic E-state index is 0.0973. The number of aryl methyl sites for hydroxylation is 1. The number of amides is 1. The van der Waals surface area contributed by atoms with Gasteiger partial charge in [-0.3, -0.25) is 9.69 Å². The van der Waals surface area contributed by atoms with Crippen LogP contribution in [0.2, 0.25) is 0 Å². The van der Waals surface area contributed by atoms with E-state index in [0.29, 0.717) is 11.8 Å². The fourth-order valence-corrected chi connectivity index (χ4v) is 5.71. The molecule has 2 aromatic carbocycles. The van der Waals surface area contributed by atoms with Gasteiger partial charge in [0.1, 0.15) is 5.82 Å². The average molecular weight is 474 g/mol. The van der Waals surface area contributed by atoms with Gasteiger partial charge in [-0.25, -0.2) is 4.98 Å². The summed E-state index contributed by atoms with van der Waals surface area (Å²) < 4.78 is 2.31. The number of piperazine rings is 1. The molecule has 2 aliphatic rings. The second-order valence-electron chi connectivity index (χ2n) is 10.4. The van der Waals surface area contributed by atoms with Crippen LogP contribution in [0, 0.1) is 5.92 Å². The average Bonchev–Trinajstić information content (AvgIpc) is 3.25. The highest BCUT2D eigenvalue weighted by Gasteiger charge is 2.31. The van der Waals surface area contributed by atoms with Gasteiger partial charge in [-0.15, -0.1) is 0 Å². The molecule has 0 saturated carbocycles. The maximum absolute atomic E-state index is 13.4. The molecule has 6 heteroatoms. The van der Waals surface area contributed by atoms with Crippen molar-refractivity contribution in [1.29, 1.82) is 0 Å². The summed E-state index contributed by atoms with van der Waals surface area (Å²) in [4.78, 5) is 25.3. The number of benzene rings is 2. The van der Waals surface area contributed by atoms with Crippen molar-refractivity contribution in [3.8, 4) is 0 Å². The van der Waals surface area contributed by atoms with Gasteiger partial charge in [0.05, 0.1) is 23.5 Å². The van der Waals surface area contributed by atoms with Gasteiger partial charge < -0.3 is 14.4 Å². The number of fused-ring (bicyclic) bond motifs is 1. The summed E-state index contributed by atoms with van der Waals surface area (Å²) in [6.45, 7) is 13.7. The molecule has 0 aliphatic carbocycles. The molecule has 2 aliphatic heterocycles. The van der Waals surface area contributed by atoms with Crippen molar-refractivity contribution in [2.45, 2.75) is 52.6 Å². The Balaban J connectivity index is 1.18. The molecule has 0 spiro atoms. The summed E-state index contributed by atoms with van der Waals surface area (Å²) in [6, 6.07) is 17.3. The summed E-state index contributed by atoms with van der Waals surface area (Å²) in [5, 5.41) is 0. The number of carbonyl (C=O) groups is 1. The third-order valence-electron chi connectivity index (χ3n) is 7.79. The van der Waals surface area contributed by atoms with Crippen molar-refractivity contribution in [2.24, 2.45) is 5.92 Å². The van der Waals surface area contributed by atoms with Crippen LogP contribution < -0.4 is 4.90 Å². The maximum Gasteiger partial charge on any atom is 0.227 e. The molecule has 6 nitrogen and oxygen atoms in total. The predicted octanol–water partition coefficient (Wildman–Crippen LogP) is 4.74. The first-order chi connectivity index (χ1) is 17.0. The van der Waals surface area contributed by atoms with Crippen LogP contribution in [-0.2, 0) is 17.9 Å². The standard InChI is InChI=1S/C29H39N5O/c1-4-34-27-10-6-5-9-26(27)30-28(34)21-31-15-7-8-24(20-31)29(35)33-18-16-32(17-19-33)25-13-11-23(12-14-25)22(2)3/h5-6,9-14,22,24H,4,7-8,15-21H2,1-3H3/t24-/m1/s1. The second kappa shape index (κ2) is 10.4. The van der Waals surface area contributed by atoms with Gasteiger partial charge in [0.25, 0.3) is 0 Å². The summed E-state index contributed by atoms with van der Waals surface area (Å²) in [7, 11) is 0. The Morgan fingerprint density at radius 3 is 2.46 bits per heavy atom. The minimum Gasteiger partial charge on any atom is -0.368 e. The lowest BCUT2D eigenvalue weighted by molar-refractivity contribution is -0.137. The largest absolute Gasteiger partial charge is 0.368 e. The van der Waals surface area contributed by atoms with Crippen LogP contribution in [0.5, 0.6) is 0 Å². The molecule has 1 aromatic heterocycles. The van der Waals surface area contributed by atoms with Crippen LogP contribution in [0.4, 0.5) is 5.69 Å². The number of carbonyl (C=O) groups excluding carboxylic acids is 1. The molecule has 2 saturated heterocycles. The third-order valence-corrected chi connectivity index (χ3v) is 7.79. The van der Waals surface area contributed by atoms with Gasteiger partial charge in [-0.05, 0) is 62.1 Å². The summed E-state index contributed by atoms with van der Waals surface area (Å²) in [5.41, 5.74) is 4.90. The first kappa shape index (κ1) is 23.9. The Kier molecular flexibility index (Phi) is 7.09. The van der Waals surface area contributed by atoms with E-state index in [4.69, 9.17) is 4.98 Å². The molecule has 1 amide bonds. The zero-order chi connectivity index (χ0) is 24.4. The quantitative estimate of drug-likeness (QED) is 0.519. The van der Waals surface area contributed by atoms with Gasteiger partial charge >= 0.3 is 0 Å². The predicted molar refractivity (Wildman–Crippen MR) is 143 cm³/mol. The molecule has 3 aromatic rings. The number of nitrogens with zero attached hydrogens (tertiary/aromatic N) is 5. The van der Waals surface area contributed by atoms with E-state index in [1.54, 1.807) is 0 Å². The van der Waals surface area contributed by atoms with Gasteiger partial charge in [0.2, 0.25) is 5.91 Å². The molecule has 2 fully saturated rings. The first-order valence-corrected chi connectivity index (χ1v) is 13.3. The number of rotatable bonds is 6. The van der Waals surface area contributed by atoms with Crippen LogP contribution in [0.15, 0.2) is 48.5 Å². The summed E-state index contributed by atoms with van der Waals surface area (Å²) >= 11 is 0. The number of para-hydroxylation sites is 2. The number of aromatic nitrogens is 2. The molecule has 5 rings (SSSR count). The monoisotopic (exact) mass is 473 g/mol.